The van der Waals surface area contributed by atoms with Gasteiger partial charge in [0.2, 0.25) is 0 Å². The van der Waals surface area contributed by atoms with E-state index in [-0.39, 0.29) is 25.4 Å². The zero-order valence-corrected chi connectivity index (χ0v) is 11.0. The summed E-state index contributed by atoms with van der Waals surface area (Å²) < 4.78 is 5.53. The minimum atomic E-state index is -0.144. The minimum absolute atomic E-state index is 0.0313. The Morgan fingerprint density at radius 2 is 2.17 bits per heavy atom. The Balaban J connectivity index is 2.28. The van der Waals surface area contributed by atoms with E-state index in [0.717, 1.165) is 16.8 Å². The zero-order chi connectivity index (χ0) is 13.1. The van der Waals surface area contributed by atoms with Crippen molar-refractivity contribution in [2.24, 2.45) is 0 Å². The lowest BCUT2D eigenvalue weighted by atomic mass is 10.1. The molecule has 4 heteroatoms. The van der Waals surface area contributed by atoms with Crippen molar-refractivity contribution in [1.82, 2.24) is 0 Å². The molecule has 1 heterocycles. The second-order valence-corrected chi connectivity index (χ2v) is 4.93. The average Bonchev–Trinajstić information content (AvgIpc) is 2.39. The quantitative estimate of drug-likeness (QED) is 0.844. The molecule has 1 aliphatic rings. The number of benzene rings is 1. The van der Waals surface area contributed by atoms with Crippen LogP contribution in [0.4, 0.5) is 5.69 Å². The van der Waals surface area contributed by atoms with Crippen molar-refractivity contribution < 1.29 is 14.9 Å². The molecule has 2 atom stereocenters. The van der Waals surface area contributed by atoms with E-state index in [1.807, 2.05) is 25.1 Å². The van der Waals surface area contributed by atoms with E-state index in [1.54, 1.807) is 0 Å². The Hall–Kier alpha value is -1.10. The van der Waals surface area contributed by atoms with Gasteiger partial charge in [-0.05, 0) is 19.9 Å². The molecule has 1 aromatic rings. The lowest BCUT2D eigenvalue weighted by Crippen LogP contribution is -2.50. The maximum atomic E-state index is 9.48. The highest BCUT2D eigenvalue weighted by Crippen LogP contribution is 2.26. The third-order valence-electron chi connectivity index (χ3n) is 3.42. The van der Waals surface area contributed by atoms with Crippen molar-refractivity contribution >= 4 is 5.69 Å². The highest BCUT2D eigenvalue weighted by Gasteiger charge is 2.27. The van der Waals surface area contributed by atoms with Crippen LogP contribution in [0.25, 0.3) is 0 Å². The maximum absolute atomic E-state index is 9.48. The Labute approximate surface area is 108 Å². The van der Waals surface area contributed by atoms with Crippen LogP contribution in [0.2, 0.25) is 0 Å². The Bertz CT molecular complexity index is 408. The van der Waals surface area contributed by atoms with Crippen molar-refractivity contribution in [3.63, 3.8) is 0 Å². The van der Waals surface area contributed by atoms with E-state index in [4.69, 9.17) is 4.74 Å². The predicted octanol–water partition coefficient (Wildman–Crippen LogP) is 1.07. The van der Waals surface area contributed by atoms with Crippen LogP contribution in [0.15, 0.2) is 18.2 Å². The van der Waals surface area contributed by atoms with Crippen LogP contribution in [-0.4, -0.2) is 42.1 Å². The van der Waals surface area contributed by atoms with Gasteiger partial charge in [0.25, 0.3) is 0 Å². The van der Waals surface area contributed by atoms with Crippen LogP contribution in [0, 0.1) is 6.92 Å². The minimum Gasteiger partial charge on any atom is -0.394 e. The summed E-state index contributed by atoms with van der Waals surface area (Å²) in [5.41, 5.74) is 3.11. The molecule has 1 fully saturated rings. The number of aliphatic hydroxyl groups is 2. The molecular weight excluding hydrogens is 230 g/mol. The molecule has 0 spiro atoms. The first-order chi connectivity index (χ1) is 8.65. The smallest absolute Gasteiger partial charge is 0.0981 e. The zero-order valence-electron chi connectivity index (χ0n) is 11.0. The molecule has 2 N–H and O–H groups in total. The molecular formula is C14H21NO3. The van der Waals surface area contributed by atoms with Crippen molar-refractivity contribution in [1.29, 1.82) is 0 Å². The van der Waals surface area contributed by atoms with E-state index in [9.17, 15) is 10.2 Å². The molecule has 2 rings (SSSR count). The summed E-state index contributed by atoms with van der Waals surface area (Å²) in [5, 5.41) is 18.7. The van der Waals surface area contributed by atoms with Gasteiger partial charge in [-0.3, -0.25) is 0 Å². The molecule has 0 amide bonds. The molecule has 0 bridgehead atoms. The summed E-state index contributed by atoms with van der Waals surface area (Å²) in [6.07, 6.45) is -0.144. The molecule has 0 saturated carbocycles. The van der Waals surface area contributed by atoms with E-state index in [2.05, 4.69) is 11.8 Å². The summed E-state index contributed by atoms with van der Waals surface area (Å²) in [6.45, 7) is 5.43. The lowest BCUT2D eigenvalue weighted by Gasteiger charge is -2.40. The molecule has 0 aromatic heterocycles. The van der Waals surface area contributed by atoms with E-state index in [0.29, 0.717) is 13.2 Å². The third-order valence-corrected chi connectivity index (χ3v) is 3.42. The fourth-order valence-electron chi connectivity index (χ4n) is 2.38. The third kappa shape index (κ3) is 2.66. The molecule has 1 saturated heterocycles. The lowest BCUT2D eigenvalue weighted by molar-refractivity contribution is -0.0104. The van der Waals surface area contributed by atoms with Crippen molar-refractivity contribution in [3.8, 4) is 0 Å². The van der Waals surface area contributed by atoms with Crippen molar-refractivity contribution in [2.45, 2.75) is 32.6 Å². The molecule has 0 aliphatic carbocycles. The first-order valence-electron chi connectivity index (χ1n) is 6.35. The van der Waals surface area contributed by atoms with Crippen LogP contribution in [-0.2, 0) is 11.3 Å². The first kappa shape index (κ1) is 13.3. The van der Waals surface area contributed by atoms with Crippen molar-refractivity contribution in [2.75, 3.05) is 24.7 Å². The SMILES string of the molecule is Cc1ccc(N2CC(CO)OCC2C)c(CO)c1. The van der Waals surface area contributed by atoms with Gasteiger partial charge in [-0.2, -0.15) is 0 Å². The van der Waals surface area contributed by atoms with Crippen LogP contribution < -0.4 is 4.90 Å². The number of aliphatic hydroxyl groups excluding tert-OH is 2. The largest absolute Gasteiger partial charge is 0.394 e. The monoisotopic (exact) mass is 251 g/mol. The average molecular weight is 251 g/mol. The summed E-state index contributed by atoms with van der Waals surface area (Å²) in [7, 11) is 0. The number of nitrogens with zero attached hydrogens (tertiary/aromatic N) is 1. The number of hydrogen-bond acceptors (Lipinski definition) is 4. The highest BCUT2D eigenvalue weighted by atomic mass is 16.5. The van der Waals surface area contributed by atoms with E-state index in [1.165, 1.54) is 0 Å². The first-order valence-corrected chi connectivity index (χ1v) is 6.35. The van der Waals surface area contributed by atoms with Crippen LogP contribution >= 0.6 is 0 Å². The normalized spacial score (nSPS) is 24.3. The van der Waals surface area contributed by atoms with Gasteiger partial charge >= 0.3 is 0 Å². The maximum Gasteiger partial charge on any atom is 0.0981 e. The van der Waals surface area contributed by atoms with Gasteiger partial charge in [0.05, 0.1) is 25.9 Å². The number of rotatable bonds is 3. The Kier molecular flexibility index (Phi) is 4.22. The van der Waals surface area contributed by atoms with Crippen molar-refractivity contribution in [3.05, 3.63) is 29.3 Å². The number of hydrogen-bond donors (Lipinski definition) is 2. The predicted molar refractivity (Wildman–Crippen MR) is 70.7 cm³/mol. The molecule has 2 unspecified atom stereocenters. The summed E-state index contributed by atoms with van der Waals surface area (Å²) in [6, 6.07) is 6.34. The van der Waals surface area contributed by atoms with Gasteiger partial charge in [-0.25, -0.2) is 0 Å². The highest BCUT2D eigenvalue weighted by molar-refractivity contribution is 5.56. The summed E-state index contributed by atoms with van der Waals surface area (Å²) in [5.74, 6) is 0. The van der Waals surface area contributed by atoms with Gasteiger partial charge in [0, 0.05) is 23.8 Å². The molecule has 1 aliphatic heterocycles. The second kappa shape index (κ2) is 5.69. The number of anilines is 1. The van der Waals surface area contributed by atoms with Gasteiger partial charge in [0.15, 0.2) is 0 Å². The topological polar surface area (TPSA) is 52.9 Å². The fraction of sp³-hybridized carbons (Fsp3) is 0.571. The molecule has 1 aromatic carbocycles. The Morgan fingerprint density at radius 3 is 2.83 bits per heavy atom. The fourth-order valence-corrected chi connectivity index (χ4v) is 2.38. The number of ether oxygens (including phenoxy) is 1. The Morgan fingerprint density at radius 1 is 1.39 bits per heavy atom. The molecule has 0 radical (unpaired) electrons. The van der Waals surface area contributed by atoms with E-state index < -0.39 is 0 Å². The van der Waals surface area contributed by atoms with Gasteiger partial charge in [-0.15, -0.1) is 0 Å². The number of morpholine rings is 1. The second-order valence-electron chi connectivity index (χ2n) is 4.93. The van der Waals surface area contributed by atoms with Crippen LogP contribution in [0.1, 0.15) is 18.1 Å². The summed E-state index contributed by atoms with van der Waals surface area (Å²) in [4.78, 5) is 2.20. The molecule has 4 nitrogen and oxygen atoms in total. The van der Waals surface area contributed by atoms with Gasteiger partial charge < -0.3 is 19.8 Å². The molecule has 100 valence electrons. The number of aryl methyl sites for hydroxylation is 1. The van der Waals surface area contributed by atoms with Gasteiger partial charge in [0.1, 0.15) is 0 Å². The van der Waals surface area contributed by atoms with Gasteiger partial charge in [-0.1, -0.05) is 17.7 Å². The standard InChI is InChI=1S/C14H21NO3/c1-10-3-4-14(12(5-10)7-16)15-6-13(8-17)18-9-11(15)2/h3-5,11,13,16-17H,6-9H2,1-2H3. The van der Waals surface area contributed by atoms with Crippen LogP contribution in [0.5, 0.6) is 0 Å². The summed E-state index contributed by atoms with van der Waals surface area (Å²) >= 11 is 0. The molecule has 18 heavy (non-hydrogen) atoms. The van der Waals surface area contributed by atoms with E-state index >= 15 is 0 Å². The van der Waals surface area contributed by atoms with Crippen LogP contribution in [0.3, 0.4) is 0 Å².